The molecule has 2 aliphatic rings. The predicted molar refractivity (Wildman–Crippen MR) is 97.8 cm³/mol. The van der Waals surface area contributed by atoms with Gasteiger partial charge in [0.15, 0.2) is 5.96 Å². The molecular formula is C19H28FN3O3. The molecule has 26 heavy (non-hydrogen) atoms. The molecule has 0 radical (unpaired) electrons. The lowest BCUT2D eigenvalue weighted by Gasteiger charge is -2.37. The molecule has 7 heteroatoms. The Morgan fingerprint density at radius 3 is 2.73 bits per heavy atom. The van der Waals surface area contributed by atoms with Crippen molar-refractivity contribution in [1.82, 2.24) is 10.2 Å². The molecular weight excluding hydrogens is 337 g/mol. The van der Waals surface area contributed by atoms with Gasteiger partial charge in [-0.3, -0.25) is 4.99 Å². The molecule has 0 aliphatic carbocycles. The van der Waals surface area contributed by atoms with E-state index in [0.717, 1.165) is 44.1 Å². The number of methoxy groups -OCH3 is 1. The Morgan fingerprint density at radius 1 is 1.31 bits per heavy atom. The Kier molecular flexibility index (Phi) is 6.82. The van der Waals surface area contributed by atoms with Gasteiger partial charge in [0.2, 0.25) is 0 Å². The maximum atomic E-state index is 13.1. The monoisotopic (exact) mass is 365 g/mol. The molecule has 1 N–H and O–H groups in total. The molecule has 2 saturated heterocycles. The first-order chi connectivity index (χ1) is 12.7. The lowest BCUT2D eigenvalue weighted by atomic mass is 10.1. The summed E-state index contributed by atoms with van der Waals surface area (Å²) in [5, 5.41) is 3.38. The zero-order valence-electron chi connectivity index (χ0n) is 15.5. The Hall–Kier alpha value is -1.70. The highest BCUT2D eigenvalue weighted by molar-refractivity contribution is 5.80. The van der Waals surface area contributed by atoms with Crippen LogP contribution in [0.3, 0.4) is 0 Å². The van der Waals surface area contributed by atoms with Crippen LogP contribution in [-0.2, 0) is 14.2 Å². The molecule has 3 atom stereocenters. The zero-order chi connectivity index (χ0) is 18.4. The Balaban J connectivity index is 1.57. The van der Waals surface area contributed by atoms with Crippen molar-refractivity contribution in [2.24, 2.45) is 4.99 Å². The number of aliphatic imine (C=N–C) groups is 1. The minimum atomic E-state index is -0.249. The van der Waals surface area contributed by atoms with Crippen LogP contribution in [0.2, 0.25) is 0 Å². The fourth-order valence-corrected chi connectivity index (χ4v) is 3.52. The lowest BCUT2D eigenvalue weighted by molar-refractivity contribution is -0.0817. The van der Waals surface area contributed by atoms with Crippen molar-refractivity contribution in [3.05, 3.63) is 35.6 Å². The van der Waals surface area contributed by atoms with E-state index >= 15 is 0 Å². The van der Waals surface area contributed by atoms with Gasteiger partial charge in [0, 0.05) is 40.4 Å². The van der Waals surface area contributed by atoms with Crippen LogP contribution >= 0.6 is 0 Å². The lowest BCUT2D eigenvalue weighted by Crippen LogP contribution is -2.53. The number of guanidine groups is 1. The molecule has 0 saturated carbocycles. The molecule has 1 aromatic rings. The van der Waals surface area contributed by atoms with Crippen molar-refractivity contribution >= 4 is 5.96 Å². The van der Waals surface area contributed by atoms with E-state index in [2.05, 4.69) is 15.2 Å². The van der Waals surface area contributed by atoms with Gasteiger partial charge < -0.3 is 24.4 Å². The Morgan fingerprint density at radius 2 is 2.08 bits per heavy atom. The molecule has 6 nitrogen and oxygen atoms in total. The third-order valence-corrected chi connectivity index (χ3v) is 4.96. The summed E-state index contributed by atoms with van der Waals surface area (Å²) < 4.78 is 30.4. The largest absolute Gasteiger partial charge is 0.375 e. The average molecular weight is 365 g/mol. The third kappa shape index (κ3) is 4.72. The number of hydrogen-bond donors (Lipinski definition) is 1. The number of nitrogens with zero attached hydrogens (tertiary/aromatic N) is 2. The number of hydrogen-bond acceptors (Lipinski definition) is 4. The quantitative estimate of drug-likeness (QED) is 0.639. The minimum absolute atomic E-state index is 0.0834. The van der Waals surface area contributed by atoms with Gasteiger partial charge in [0.05, 0.1) is 18.8 Å². The predicted octanol–water partition coefficient (Wildman–Crippen LogP) is 1.97. The number of rotatable bonds is 5. The summed E-state index contributed by atoms with van der Waals surface area (Å²) in [6, 6.07) is 6.39. The molecule has 1 aromatic carbocycles. The maximum Gasteiger partial charge on any atom is 0.193 e. The number of benzene rings is 1. The van der Waals surface area contributed by atoms with Crippen molar-refractivity contribution in [2.75, 3.05) is 47.0 Å². The van der Waals surface area contributed by atoms with Crippen molar-refractivity contribution < 1.29 is 18.6 Å². The normalized spacial score (nSPS) is 25.3. The summed E-state index contributed by atoms with van der Waals surface area (Å²) >= 11 is 0. The second kappa shape index (κ2) is 9.30. The third-order valence-electron chi connectivity index (χ3n) is 4.96. The minimum Gasteiger partial charge on any atom is -0.375 e. The van der Waals surface area contributed by atoms with Gasteiger partial charge in [-0.05, 0) is 30.5 Å². The van der Waals surface area contributed by atoms with Gasteiger partial charge >= 0.3 is 0 Å². The Labute approximate surface area is 154 Å². The van der Waals surface area contributed by atoms with E-state index in [0.29, 0.717) is 13.2 Å². The van der Waals surface area contributed by atoms with E-state index in [1.807, 2.05) is 0 Å². The molecule has 0 bridgehead atoms. The highest BCUT2D eigenvalue weighted by Gasteiger charge is 2.32. The van der Waals surface area contributed by atoms with E-state index in [1.165, 1.54) is 12.1 Å². The molecule has 0 spiro atoms. The maximum absolute atomic E-state index is 13.1. The summed E-state index contributed by atoms with van der Waals surface area (Å²) in [7, 11) is 3.43. The fourth-order valence-electron chi connectivity index (χ4n) is 3.52. The highest BCUT2D eigenvalue weighted by Crippen LogP contribution is 2.21. The summed E-state index contributed by atoms with van der Waals surface area (Å²) in [6.07, 6.45) is 2.25. The summed E-state index contributed by atoms with van der Waals surface area (Å²) in [4.78, 5) is 6.61. The Bertz CT molecular complexity index is 590. The van der Waals surface area contributed by atoms with E-state index in [-0.39, 0.29) is 24.1 Å². The van der Waals surface area contributed by atoms with Crippen LogP contribution in [0.4, 0.5) is 4.39 Å². The first kappa shape index (κ1) is 19.1. The van der Waals surface area contributed by atoms with Crippen LogP contribution in [0.5, 0.6) is 0 Å². The van der Waals surface area contributed by atoms with Crippen molar-refractivity contribution in [2.45, 2.75) is 31.2 Å². The van der Waals surface area contributed by atoms with Crippen LogP contribution in [0.1, 0.15) is 24.5 Å². The van der Waals surface area contributed by atoms with Gasteiger partial charge in [0.1, 0.15) is 11.9 Å². The van der Waals surface area contributed by atoms with Crippen LogP contribution in [-0.4, -0.2) is 70.1 Å². The molecule has 0 aromatic heterocycles. The van der Waals surface area contributed by atoms with Crippen LogP contribution in [0.15, 0.2) is 29.3 Å². The number of halogens is 1. The SMILES string of the molecule is CN=C(NCC(OC)c1ccc(F)cc1)N1CCOC(C2CCCO2)C1. The molecule has 2 aliphatic heterocycles. The van der Waals surface area contributed by atoms with Crippen molar-refractivity contribution in [3.63, 3.8) is 0 Å². The summed E-state index contributed by atoms with van der Waals surface area (Å²) in [6.45, 7) is 3.59. The first-order valence-electron chi connectivity index (χ1n) is 9.18. The highest BCUT2D eigenvalue weighted by atomic mass is 19.1. The molecule has 2 heterocycles. The summed E-state index contributed by atoms with van der Waals surface area (Å²) in [5.74, 6) is 0.571. The molecule has 3 unspecified atom stereocenters. The molecule has 2 fully saturated rings. The van der Waals surface area contributed by atoms with Gasteiger partial charge in [0.25, 0.3) is 0 Å². The molecule has 144 valence electrons. The first-order valence-corrected chi connectivity index (χ1v) is 9.18. The van der Waals surface area contributed by atoms with Crippen LogP contribution in [0, 0.1) is 5.82 Å². The van der Waals surface area contributed by atoms with E-state index in [1.54, 1.807) is 26.3 Å². The van der Waals surface area contributed by atoms with Gasteiger partial charge in [-0.25, -0.2) is 4.39 Å². The second-order valence-corrected chi connectivity index (χ2v) is 6.61. The zero-order valence-corrected chi connectivity index (χ0v) is 15.5. The van der Waals surface area contributed by atoms with Gasteiger partial charge in [-0.15, -0.1) is 0 Å². The van der Waals surface area contributed by atoms with Crippen molar-refractivity contribution in [3.8, 4) is 0 Å². The second-order valence-electron chi connectivity index (χ2n) is 6.61. The van der Waals surface area contributed by atoms with Gasteiger partial charge in [-0.2, -0.15) is 0 Å². The van der Waals surface area contributed by atoms with E-state index < -0.39 is 0 Å². The molecule has 0 amide bonds. The van der Waals surface area contributed by atoms with E-state index in [4.69, 9.17) is 14.2 Å². The van der Waals surface area contributed by atoms with E-state index in [9.17, 15) is 4.39 Å². The number of ether oxygens (including phenoxy) is 3. The standard InChI is InChI=1S/C19H28FN3O3/c1-21-19(22-12-17(24-2)14-5-7-15(20)8-6-14)23-9-11-26-18(13-23)16-4-3-10-25-16/h5-8,16-18H,3-4,9-13H2,1-2H3,(H,21,22). The van der Waals surface area contributed by atoms with Crippen LogP contribution < -0.4 is 5.32 Å². The number of nitrogens with one attached hydrogen (secondary N) is 1. The average Bonchev–Trinajstić information content (AvgIpc) is 3.21. The van der Waals surface area contributed by atoms with Crippen LogP contribution in [0.25, 0.3) is 0 Å². The van der Waals surface area contributed by atoms with Gasteiger partial charge in [-0.1, -0.05) is 12.1 Å². The number of morpholine rings is 1. The fraction of sp³-hybridized carbons (Fsp3) is 0.632. The topological polar surface area (TPSA) is 55.3 Å². The van der Waals surface area contributed by atoms with Crippen molar-refractivity contribution in [1.29, 1.82) is 0 Å². The smallest absolute Gasteiger partial charge is 0.193 e. The summed E-state index contributed by atoms with van der Waals surface area (Å²) in [5.41, 5.74) is 0.927. The molecule has 3 rings (SSSR count).